The maximum absolute atomic E-state index is 11.2. The summed E-state index contributed by atoms with van der Waals surface area (Å²) in [4.78, 5) is 19.4. The van der Waals surface area contributed by atoms with E-state index in [0.29, 0.717) is 17.1 Å². The predicted octanol–water partition coefficient (Wildman–Crippen LogP) is 2.60. The molecule has 0 fully saturated rings. The van der Waals surface area contributed by atoms with Crippen molar-refractivity contribution in [2.75, 3.05) is 7.11 Å². The van der Waals surface area contributed by atoms with E-state index in [0.717, 1.165) is 5.56 Å². The van der Waals surface area contributed by atoms with Gasteiger partial charge in [-0.15, -0.1) is 0 Å². The molecule has 0 aliphatic carbocycles. The molecule has 0 aliphatic rings. The molecule has 2 aromatic heterocycles. The molecule has 0 aromatic carbocycles. The Kier molecular flexibility index (Phi) is 4.46. The highest BCUT2D eigenvalue weighted by Crippen LogP contribution is 2.13. The van der Waals surface area contributed by atoms with E-state index in [1.54, 1.807) is 24.4 Å². The molecule has 2 rings (SSSR count). The topological polar surface area (TPSA) is 61.3 Å². The highest BCUT2D eigenvalue weighted by molar-refractivity contribution is 9.10. The van der Waals surface area contributed by atoms with E-state index in [9.17, 15) is 4.79 Å². The Morgan fingerprint density at radius 2 is 2.16 bits per heavy atom. The highest BCUT2D eigenvalue weighted by Gasteiger charge is 2.06. The van der Waals surface area contributed by atoms with E-state index < -0.39 is 5.97 Å². The zero-order valence-corrected chi connectivity index (χ0v) is 11.8. The van der Waals surface area contributed by atoms with Crippen molar-refractivity contribution in [1.82, 2.24) is 9.97 Å². The average Bonchev–Trinajstić information content (AvgIpc) is 2.45. The van der Waals surface area contributed by atoms with Gasteiger partial charge in [-0.05, 0) is 28.1 Å². The third-order valence-electron chi connectivity index (χ3n) is 2.30. The van der Waals surface area contributed by atoms with Gasteiger partial charge in [0.15, 0.2) is 0 Å². The third kappa shape index (κ3) is 3.75. The molecule has 0 N–H and O–H groups in total. The lowest BCUT2D eigenvalue weighted by molar-refractivity contribution is 0.0594. The summed E-state index contributed by atoms with van der Waals surface area (Å²) < 4.78 is 10.8. The largest absolute Gasteiger partial charge is 0.473 e. The lowest BCUT2D eigenvalue weighted by Gasteiger charge is -2.05. The molecule has 19 heavy (non-hydrogen) atoms. The van der Waals surface area contributed by atoms with Gasteiger partial charge < -0.3 is 9.47 Å². The summed E-state index contributed by atoms with van der Waals surface area (Å²) in [6.07, 6.45) is 1.57. The van der Waals surface area contributed by atoms with Crippen LogP contribution < -0.4 is 4.74 Å². The van der Waals surface area contributed by atoms with Crippen molar-refractivity contribution in [1.29, 1.82) is 0 Å². The van der Waals surface area contributed by atoms with Gasteiger partial charge >= 0.3 is 5.97 Å². The Morgan fingerprint density at radius 3 is 2.79 bits per heavy atom. The zero-order valence-electron chi connectivity index (χ0n) is 10.2. The normalized spacial score (nSPS) is 10.0. The van der Waals surface area contributed by atoms with Crippen LogP contribution in [0.5, 0.6) is 5.88 Å². The molecule has 5 nitrogen and oxygen atoms in total. The fraction of sp³-hybridized carbons (Fsp3) is 0.154. The van der Waals surface area contributed by atoms with Crippen molar-refractivity contribution in [2.45, 2.75) is 6.61 Å². The molecule has 2 aromatic rings. The Hall–Kier alpha value is -1.95. The second-order valence-electron chi connectivity index (χ2n) is 3.63. The molecule has 0 spiro atoms. The molecule has 0 saturated carbocycles. The van der Waals surface area contributed by atoms with E-state index in [1.807, 2.05) is 12.1 Å². The van der Waals surface area contributed by atoms with Crippen LogP contribution in [0.2, 0.25) is 0 Å². The number of nitrogens with zero attached hydrogens (tertiary/aromatic N) is 2. The van der Waals surface area contributed by atoms with E-state index in [-0.39, 0.29) is 5.69 Å². The lowest BCUT2D eigenvalue weighted by atomic mass is 10.2. The van der Waals surface area contributed by atoms with Crippen LogP contribution in [0.4, 0.5) is 0 Å². The molecule has 0 amide bonds. The van der Waals surface area contributed by atoms with Gasteiger partial charge in [-0.1, -0.05) is 12.1 Å². The number of aromatic nitrogens is 2. The zero-order chi connectivity index (χ0) is 13.7. The second-order valence-corrected chi connectivity index (χ2v) is 4.44. The molecule has 2 heterocycles. The van der Waals surface area contributed by atoms with Gasteiger partial charge in [0.2, 0.25) is 5.88 Å². The lowest BCUT2D eigenvalue weighted by Crippen LogP contribution is -2.05. The van der Waals surface area contributed by atoms with Gasteiger partial charge in [0.05, 0.1) is 7.11 Å². The number of halogens is 1. The first-order chi connectivity index (χ1) is 9.19. The van der Waals surface area contributed by atoms with Crippen LogP contribution in [0.15, 0.2) is 41.1 Å². The number of pyridine rings is 2. The Labute approximate surface area is 118 Å². The van der Waals surface area contributed by atoms with Crippen LogP contribution in [-0.2, 0) is 11.3 Å². The fourth-order valence-corrected chi connectivity index (χ4v) is 1.69. The minimum atomic E-state index is -0.457. The molecule has 0 bridgehead atoms. The Balaban J connectivity index is 1.98. The van der Waals surface area contributed by atoms with E-state index in [2.05, 4.69) is 30.6 Å². The van der Waals surface area contributed by atoms with Crippen molar-refractivity contribution in [3.63, 3.8) is 0 Å². The molecular weight excluding hydrogens is 312 g/mol. The Bertz CT molecular complexity index is 572. The number of esters is 1. The summed E-state index contributed by atoms with van der Waals surface area (Å²) in [5, 5.41) is 0. The van der Waals surface area contributed by atoms with E-state index in [4.69, 9.17) is 4.74 Å². The molecule has 98 valence electrons. The molecule has 0 aliphatic heterocycles. The van der Waals surface area contributed by atoms with Gasteiger partial charge in [0.1, 0.15) is 16.9 Å². The van der Waals surface area contributed by atoms with E-state index >= 15 is 0 Å². The minimum absolute atomic E-state index is 0.270. The van der Waals surface area contributed by atoms with E-state index in [1.165, 1.54) is 7.11 Å². The molecule has 0 radical (unpaired) electrons. The summed E-state index contributed by atoms with van der Waals surface area (Å²) in [5.41, 5.74) is 1.11. The SMILES string of the molecule is COC(=O)c1ccc(COc2cccc(Br)n2)cn1. The van der Waals surface area contributed by atoms with Gasteiger partial charge in [-0.25, -0.2) is 14.8 Å². The minimum Gasteiger partial charge on any atom is -0.473 e. The number of carbonyl (C=O) groups excluding carboxylic acids is 1. The number of rotatable bonds is 4. The number of methoxy groups -OCH3 is 1. The third-order valence-corrected chi connectivity index (χ3v) is 2.74. The van der Waals surface area contributed by atoms with Gasteiger partial charge in [0, 0.05) is 17.8 Å². The summed E-state index contributed by atoms with van der Waals surface area (Å²) in [6.45, 7) is 0.331. The van der Waals surface area contributed by atoms with Gasteiger partial charge in [-0.3, -0.25) is 0 Å². The quantitative estimate of drug-likeness (QED) is 0.639. The van der Waals surface area contributed by atoms with Crippen LogP contribution in [0, 0.1) is 0 Å². The molecule has 6 heteroatoms. The molecule has 0 atom stereocenters. The maximum atomic E-state index is 11.2. The Morgan fingerprint density at radius 1 is 1.32 bits per heavy atom. The van der Waals surface area contributed by atoms with Crippen LogP contribution in [0.25, 0.3) is 0 Å². The fourth-order valence-electron chi connectivity index (χ4n) is 1.36. The highest BCUT2D eigenvalue weighted by atomic mass is 79.9. The van der Waals surface area contributed by atoms with Crippen LogP contribution in [0.1, 0.15) is 16.1 Å². The average molecular weight is 323 g/mol. The van der Waals surface area contributed by atoms with Crippen molar-refractivity contribution in [2.24, 2.45) is 0 Å². The monoisotopic (exact) mass is 322 g/mol. The van der Waals surface area contributed by atoms with Crippen molar-refractivity contribution in [3.8, 4) is 5.88 Å². The molecular formula is C13H11BrN2O3. The van der Waals surface area contributed by atoms with Crippen LogP contribution in [0.3, 0.4) is 0 Å². The van der Waals surface area contributed by atoms with Crippen molar-refractivity contribution in [3.05, 3.63) is 52.4 Å². The van der Waals surface area contributed by atoms with Crippen LogP contribution >= 0.6 is 15.9 Å². The van der Waals surface area contributed by atoms with Gasteiger partial charge in [-0.2, -0.15) is 0 Å². The van der Waals surface area contributed by atoms with Crippen molar-refractivity contribution >= 4 is 21.9 Å². The van der Waals surface area contributed by atoms with Crippen LogP contribution in [-0.4, -0.2) is 23.0 Å². The standard InChI is InChI=1S/C13H11BrN2O3/c1-18-13(17)10-6-5-9(7-15-10)8-19-12-4-2-3-11(14)16-12/h2-7H,8H2,1H3. The summed E-state index contributed by atoms with van der Waals surface area (Å²) in [5.74, 6) is 0.0625. The summed E-state index contributed by atoms with van der Waals surface area (Å²) in [6, 6.07) is 8.78. The second kappa shape index (κ2) is 6.29. The van der Waals surface area contributed by atoms with Gasteiger partial charge in [0.25, 0.3) is 0 Å². The molecule has 0 unspecified atom stereocenters. The number of ether oxygens (including phenoxy) is 2. The molecule has 0 saturated heterocycles. The number of hydrogen-bond acceptors (Lipinski definition) is 5. The maximum Gasteiger partial charge on any atom is 0.356 e. The number of carbonyl (C=O) groups is 1. The smallest absolute Gasteiger partial charge is 0.356 e. The first kappa shape index (κ1) is 13.5. The predicted molar refractivity (Wildman–Crippen MR) is 71.8 cm³/mol. The summed E-state index contributed by atoms with van der Waals surface area (Å²) >= 11 is 3.27. The first-order valence-corrected chi connectivity index (χ1v) is 6.27. The first-order valence-electron chi connectivity index (χ1n) is 5.47. The number of hydrogen-bond donors (Lipinski definition) is 0. The summed E-state index contributed by atoms with van der Waals surface area (Å²) in [7, 11) is 1.32. The van der Waals surface area contributed by atoms with Crippen molar-refractivity contribution < 1.29 is 14.3 Å².